The van der Waals surface area contributed by atoms with Gasteiger partial charge in [-0.1, -0.05) is 51.1 Å². The Morgan fingerprint density at radius 3 is 2.36 bits per heavy atom. The Morgan fingerprint density at radius 2 is 1.77 bits per heavy atom. The van der Waals surface area contributed by atoms with Crippen molar-refractivity contribution in [2.75, 3.05) is 6.67 Å². The molecule has 0 saturated heterocycles. The van der Waals surface area contributed by atoms with Crippen molar-refractivity contribution >= 4 is 11.8 Å². The number of fused-ring (bicyclic) bond motifs is 1. The fourth-order valence-electron chi connectivity index (χ4n) is 5.02. The minimum Gasteiger partial charge on any atom is -0.488 e. The summed E-state index contributed by atoms with van der Waals surface area (Å²) in [6, 6.07) is 8.40. The Bertz CT molecular complexity index is 1170. The van der Waals surface area contributed by atoms with Gasteiger partial charge in [0.25, 0.3) is 5.91 Å². The summed E-state index contributed by atoms with van der Waals surface area (Å²) < 4.78 is 25.7. The number of rotatable bonds is 11. The zero-order chi connectivity index (χ0) is 28.9. The second-order valence-corrected chi connectivity index (χ2v) is 11.1. The van der Waals surface area contributed by atoms with Gasteiger partial charge in [0.15, 0.2) is 5.60 Å². The van der Waals surface area contributed by atoms with E-state index >= 15 is 0 Å². The molecule has 0 aromatic heterocycles. The van der Waals surface area contributed by atoms with E-state index in [1.165, 1.54) is 0 Å². The average molecular weight is 543 g/mol. The van der Waals surface area contributed by atoms with E-state index < -0.39 is 36.4 Å². The minimum atomic E-state index is -1.30. The standard InChI is InChI=1S/C31H43FN2O5/c1-8-24(25(35)16-32)33-29(36)26(18(2)3)34-30(37)31(7)15-14-23-21(6)27(19(4)20(5)28(23)39-31)38-17-22-12-10-9-11-13-22/h9-13,18,24-26,35H,8,14-17H2,1-7H3,(H,33,36)(H,34,37). The molecule has 0 aliphatic carbocycles. The van der Waals surface area contributed by atoms with Crippen LogP contribution in [0.1, 0.15) is 68.4 Å². The van der Waals surface area contributed by atoms with Crippen molar-refractivity contribution in [2.45, 2.75) is 98.1 Å². The molecule has 0 radical (unpaired) electrons. The summed E-state index contributed by atoms with van der Waals surface area (Å²) in [4.78, 5) is 26.6. The van der Waals surface area contributed by atoms with Gasteiger partial charge in [-0.25, -0.2) is 4.39 Å². The lowest BCUT2D eigenvalue weighted by Crippen LogP contribution is -2.59. The van der Waals surface area contributed by atoms with E-state index in [4.69, 9.17) is 9.47 Å². The number of aliphatic hydroxyl groups excluding tert-OH is 1. The number of carbonyl (C=O) groups is 2. The van der Waals surface area contributed by atoms with Crippen LogP contribution in [0.5, 0.6) is 11.5 Å². The Morgan fingerprint density at radius 1 is 1.10 bits per heavy atom. The smallest absolute Gasteiger partial charge is 0.264 e. The Balaban J connectivity index is 1.79. The molecule has 3 rings (SSSR count). The third kappa shape index (κ3) is 6.72. The Labute approximate surface area is 231 Å². The maximum Gasteiger partial charge on any atom is 0.264 e. The van der Waals surface area contributed by atoms with Crippen LogP contribution in [0, 0.1) is 26.7 Å². The highest BCUT2D eigenvalue weighted by molar-refractivity contribution is 5.92. The number of amides is 2. The van der Waals surface area contributed by atoms with Gasteiger partial charge in [-0.3, -0.25) is 9.59 Å². The number of halogens is 1. The number of hydrogen-bond acceptors (Lipinski definition) is 5. The summed E-state index contributed by atoms with van der Waals surface area (Å²) >= 11 is 0. The molecule has 0 fully saturated rings. The summed E-state index contributed by atoms with van der Waals surface area (Å²) in [6.07, 6.45) is 0.113. The van der Waals surface area contributed by atoms with Gasteiger partial charge in [0.1, 0.15) is 36.9 Å². The molecule has 4 atom stereocenters. The zero-order valence-electron chi connectivity index (χ0n) is 24.2. The van der Waals surface area contributed by atoms with E-state index in [0.29, 0.717) is 31.6 Å². The van der Waals surface area contributed by atoms with Crippen LogP contribution in [0.2, 0.25) is 0 Å². The topological polar surface area (TPSA) is 96.9 Å². The third-order valence-electron chi connectivity index (χ3n) is 7.82. The maximum atomic E-state index is 13.6. The first-order chi connectivity index (χ1) is 18.4. The summed E-state index contributed by atoms with van der Waals surface area (Å²) in [7, 11) is 0. The third-order valence-corrected chi connectivity index (χ3v) is 7.82. The van der Waals surface area contributed by atoms with Crippen LogP contribution in [-0.2, 0) is 22.6 Å². The van der Waals surface area contributed by atoms with Gasteiger partial charge in [-0.15, -0.1) is 0 Å². The van der Waals surface area contributed by atoms with Crippen LogP contribution in [0.25, 0.3) is 0 Å². The molecule has 39 heavy (non-hydrogen) atoms. The summed E-state index contributed by atoms with van der Waals surface area (Å²) in [5.41, 5.74) is 3.81. The first-order valence-electron chi connectivity index (χ1n) is 13.8. The van der Waals surface area contributed by atoms with E-state index in [0.717, 1.165) is 33.6 Å². The average Bonchev–Trinajstić information content (AvgIpc) is 2.92. The minimum absolute atomic E-state index is 0.232. The van der Waals surface area contributed by atoms with Crippen molar-refractivity contribution in [1.82, 2.24) is 10.6 Å². The van der Waals surface area contributed by atoms with E-state index in [-0.39, 0.29) is 11.8 Å². The van der Waals surface area contributed by atoms with Crippen LogP contribution < -0.4 is 20.1 Å². The molecule has 4 unspecified atom stereocenters. The molecule has 7 nitrogen and oxygen atoms in total. The Hall–Kier alpha value is -3.13. The maximum absolute atomic E-state index is 13.6. The normalized spacial score (nSPS) is 18.9. The molecule has 8 heteroatoms. The molecule has 2 amide bonds. The van der Waals surface area contributed by atoms with E-state index in [1.807, 2.05) is 65.0 Å². The van der Waals surface area contributed by atoms with E-state index in [9.17, 15) is 19.1 Å². The molecular formula is C31H43FN2O5. The van der Waals surface area contributed by atoms with Crippen LogP contribution in [0.15, 0.2) is 30.3 Å². The number of carbonyl (C=O) groups excluding carboxylic acids is 2. The van der Waals surface area contributed by atoms with Crippen LogP contribution >= 0.6 is 0 Å². The van der Waals surface area contributed by atoms with Crippen molar-refractivity contribution in [3.63, 3.8) is 0 Å². The number of alkyl halides is 1. The summed E-state index contributed by atoms with van der Waals surface area (Å²) in [6.45, 7) is 12.6. The monoisotopic (exact) mass is 542 g/mol. The molecule has 1 aliphatic heterocycles. The lowest BCUT2D eigenvalue weighted by molar-refractivity contribution is -0.141. The largest absolute Gasteiger partial charge is 0.488 e. The molecule has 2 aromatic carbocycles. The number of nitrogens with one attached hydrogen (secondary N) is 2. The van der Waals surface area contributed by atoms with Gasteiger partial charge in [0, 0.05) is 12.0 Å². The zero-order valence-corrected chi connectivity index (χ0v) is 24.2. The molecule has 1 aliphatic rings. The van der Waals surface area contributed by atoms with Gasteiger partial charge in [0.2, 0.25) is 5.91 Å². The van der Waals surface area contributed by atoms with E-state index in [1.54, 1.807) is 13.8 Å². The molecule has 0 bridgehead atoms. The van der Waals surface area contributed by atoms with Crippen molar-refractivity contribution < 1.29 is 28.6 Å². The van der Waals surface area contributed by atoms with Gasteiger partial charge in [-0.2, -0.15) is 0 Å². The first-order valence-corrected chi connectivity index (χ1v) is 13.8. The predicted octanol–water partition coefficient (Wildman–Crippen LogP) is 4.64. The van der Waals surface area contributed by atoms with Crippen LogP contribution in [0.4, 0.5) is 4.39 Å². The van der Waals surface area contributed by atoms with Gasteiger partial charge < -0.3 is 25.2 Å². The molecule has 0 saturated carbocycles. The lowest BCUT2D eigenvalue weighted by Gasteiger charge is -2.38. The summed E-state index contributed by atoms with van der Waals surface area (Å²) in [5.74, 6) is 0.442. The van der Waals surface area contributed by atoms with Gasteiger partial charge in [-0.05, 0) is 68.7 Å². The summed E-state index contributed by atoms with van der Waals surface area (Å²) in [5, 5.41) is 15.4. The molecular weight excluding hydrogens is 499 g/mol. The SMILES string of the molecule is CCC(NC(=O)C(NC(=O)C1(C)CCc2c(C)c(OCc3ccccc3)c(C)c(C)c2O1)C(C)C)C(O)CF. The number of aliphatic hydroxyl groups is 1. The second kappa shape index (κ2) is 12.8. The molecule has 214 valence electrons. The highest BCUT2D eigenvalue weighted by atomic mass is 19.1. The van der Waals surface area contributed by atoms with Crippen molar-refractivity contribution in [3.05, 3.63) is 58.1 Å². The first kappa shape index (κ1) is 30.4. The van der Waals surface area contributed by atoms with Crippen molar-refractivity contribution in [1.29, 1.82) is 0 Å². The fourth-order valence-corrected chi connectivity index (χ4v) is 5.02. The molecule has 2 aromatic rings. The van der Waals surface area contributed by atoms with Crippen molar-refractivity contribution in [3.8, 4) is 11.5 Å². The van der Waals surface area contributed by atoms with E-state index in [2.05, 4.69) is 10.6 Å². The number of benzene rings is 2. The van der Waals surface area contributed by atoms with Gasteiger partial charge in [0.05, 0.1) is 6.04 Å². The second-order valence-electron chi connectivity index (χ2n) is 11.1. The lowest BCUT2D eigenvalue weighted by atomic mass is 9.86. The highest BCUT2D eigenvalue weighted by Crippen LogP contribution is 2.44. The quantitative estimate of drug-likeness (QED) is 0.384. The molecule has 3 N–H and O–H groups in total. The van der Waals surface area contributed by atoms with Crippen molar-refractivity contribution in [2.24, 2.45) is 5.92 Å². The number of ether oxygens (including phenoxy) is 2. The number of hydrogen-bond donors (Lipinski definition) is 3. The molecule has 0 spiro atoms. The Kier molecular flexibility index (Phi) is 9.99. The predicted molar refractivity (Wildman–Crippen MR) is 150 cm³/mol. The van der Waals surface area contributed by atoms with Crippen LogP contribution in [-0.4, -0.2) is 47.4 Å². The highest BCUT2D eigenvalue weighted by Gasteiger charge is 2.43. The van der Waals surface area contributed by atoms with Gasteiger partial charge >= 0.3 is 0 Å². The molecule has 1 heterocycles. The fraction of sp³-hybridized carbons (Fsp3) is 0.548. The van der Waals surface area contributed by atoms with Crippen LogP contribution in [0.3, 0.4) is 0 Å².